The summed E-state index contributed by atoms with van der Waals surface area (Å²) in [6.45, 7) is 5.91. The molecular formula is C32H29Cl2FN2O5. The molecule has 6 unspecified atom stereocenters. The Hall–Kier alpha value is -3.49. The maximum absolute atomic E-state index is 14.4. The van der Waals surface area contributed by atoms with Gasteiger partial charge in [0.1, 0.15) is 11.6 Å². The van der Waals surface area contributed by atoms with Gasteiger partial charge in [0.2, 0.25) is 11.8 Å². The van der Waals surface area contributed by atoms with E-state index < -0.39 is 51.1 Å². The molecule has 0 aromatic heterocycles. The molecule has 10 heteroatoms. The summed E-state index contributed by atoms with van der Waals surface area (Å²) < 4.78 is 13.8. The third-order valence-corrected chi connectivity index (χ3v) is 10.7. The highest BCUT2D eigenvalue weighted by atomic mass is 35.5. The number of para-hydroxylation sites is 1. The monoisotopic (exact) mass is 610 g/mol. The van der Waals surface area contributed by atoms with Gasteiger partial charge in [-0.1, -0.05) is 42.8 Å². The molecule has 2 heterocycles. The molecule has 4 aliphatic rings. The largest absolute Gasteiger partial charge is 0.507 e. The number of imide groups is 2. The van der Waals surface area contributed by atoms with Gasteiger partial charge in [0, 0.05) is 18.0 Å². The van der Waals surface area contributed by atoms with Gasteiger partial charge < -0.3 is 5.11 Å². The molecule has 0 radical (unpaired) electrons. The van der Waals surface area contributed by atoms with Crippen molar-refractivity contribution in [1.82, 2.24) is 4.90 Å². The van der Waals surface area contributed by atoms with E-state index in [9.17, 15) is 28.7 Å². The van der Waals surface area contributed by atoms with E-state index in [2.05, 4.69) is 6.58 Å². The summed E-state index contributed by atoms with van der Waals surface area (Å²) in [5.74, 6) is -6.08. The zero-order valence-electron chi connectivity index (χ0n) is 22.9. The number of fused-ring (bicyclic) bond motifs is 4. The molecule has 7 nitrogen and oxygen atoms in total. The third-order valence-electron chi connectivity index (χ3n) is 9.26. The predicted octanol–water partition coefficient (Wildman–Crippen LogP) is 5.23. The van der Waals surface area contributed by atoms with Crippen molar-refractivity contribution in [3.8, 4) is 5.75 Å². The number of amides is 4. The highest BCUT2D eigenvalue weighted by Crippen LogP contribution is 2.66. The first-order chi connectivity index (χ1) is 20.0. The van der Waals surface area contributed by atoms with E-state index >= 15 is 0 Å². The van der Waals surface area contributed by atoms with Crippen LogP contribution < -0.4 is 4.90 Å². The van der Waals surface area contributed by atoms with Crippen molar-refractivity contribution >= 4 is 52.5 Å². The van der Waals surface area contributed by atoms with Crippen LogP contribution in [0, 0.1) is 23.6 Å². The van der Waals surface area contributed by atoms with Gasteiger partial charge in [-0.2, -0.15) is 0 Å². The van der Waals surface area contributed by atoms with Crippen LogP contribution in [0.1, 0.15) is 43.2 Å². The number of nitrogens with zero attached hydrogens (tertiary/aromatic N) is 2. The number of phenolic OH excluding ortho intramolecular Hbond substituents is 1. The van der Waals surface area contributed by atoms with Gasteiger partial charge in [0.25, 0.3) is 11.8 Å². The fourth-order valence-electron chi connectivity index (χ4n) is 7.42. The third kappa shape index (κ3) is 3.70. The standard InChI is InChI=1S/C32H29Cl2FN2O5/c1-3-6-17-7-5-8-22(26(17)38)25-20-13-14-21-24(28(40)36(15-4-2)27(21)39)23(20)16-31(33)29(41)37(30(42)32(25,31)34)19-11-9-18(35)10-12-19/h3,5,7-13,21,23-25,38H,1,4,6,14-16H2,2H3. The summed E-state index contributed by atoms with van der Waals surface area (Å²) in [6.07, 6.45) is 4.45. The summed E-state index contributed by atoms with van der Waals surface area (Å²) >= 11 is 14.7. The highest BCUT2D eigenvalue weighted by Gasteiger charge is 2.76. The average molecular weight is 611 g/mol. The first-order valence-electron chi connectivity index (χ1n) is 14.0. The van der Waals surface area contributed by atoms with E-state index in [1.807, 2.05) is 13.0 Å². The Balaban J connectivity index is 1.57. The number of halogens is 3. The molecule has 2 aliphatic carbocycles. The Morgan fingerprint density at radius 1 is 1.05 bits per heavy atom. The van der Waals surface area contributed by atoms with Crippen molar-refractivity contribution in [2.75, 3.05) is 11.4 Å². The summed E-state index contributed by atoms with van der Waals surface area (Å²) in [7, 11) is 0. The number of anilines is 1. The molecule has 2 aromatic rings. The lowest BCUT2D eigenvalue weighted by atomic mass is 9.56. The van der Waals surface area contributed by atoms with Gasteiger partial charge in [-0.15, -0.1) is 29.8 Å². The van der Waals surface area contributed by atoms with Gasteiger partial charge in [0.05, 0.1) is 17.5 Å². The van der Waals surface area contributed by atoms with Gasteiger partial charge in [-0.05, 0) is 61.4 Å². The Kier molecular flexibility index (Phi) is 6.85. The quantitative estimate of drug-likeness (QED) is 0.274. The molecule has 218 valence electrons. The molecule has 3 fully saturated rings. The second kappa shape index (κ2) is 10.1. The molecule has 2 aliphatic heterocycles. The minimum atomic E-state index is -2.10. The Morgan fingerprint density at radius 2 is 1.76 bits per heavy atom. The number of carbonyl (C=O) groups is 4. The van der Waals surface area contributed by atoms with Crippen molar-refractivity contribution in [2.24, 2.45) is 17.8 Å². The second-order valence-corrected chi connectivity index (χ2v) is 12.7. The van der Waals surface area contributed by atoms with E-state index in [1.54, 1.807) is 24.3 Å². The van der Waals surface area contributed by atoms with Crippen LogP contribution in [-0.2, 0) is 25.6 Å². The highest BCUT2D eigenvalue weighted by molar-refractivity contribution is 6.58. The van der Waals surface area contributed by atoms with Crippen molar-refractivity contribution < 1.29 is 28.7 Å². The SMILES string of the molecule is C=CCc1cccc(C2C3=CCC4C(=O)N(CCC)C(=O)C4C3CC3(Cl)C(=O)N(c4ccc(F)cc4)C(=O)C23Cl)c1O. The molecule has 1 N–H and O–H groups in total. The molecule has 2 aromatic carbocycles. The number of aromatic hydroxyl groups is 1. The van der Waals surface area contributed by atoms with Crippen LogP contribution in [0.5, 0.6) is 5.75 Å². The van der Waals surface area contributed by atoms with E-state index in [4.69, 9.17) is 23.2 Å². The van der Waals surface area contributed by atoms with Crippen molar-refractivity contribution in [1.29, 1.82) is 0 Å². The van der Waals surface area contributed by atoms with E-state index in [1.165, 1.54) is 17.0 Å². The van der Waals surface area contributed by atoms with Gasteiger partial charge >= 0.3 is 0 Å². The van der Waals surface area contributed by atoms with Crippen molar-refractivity contribution in [3.63, 3.8) is 0 Å². The van der Waals surface area contributed by atoms with Crippen LogP contribution in [0.25, 0.3) is 0 Å². The predicted molar refractivity (Wildman–Crippen MR) is 156 cm³/mol. The fourth-order valence-corrected chi connectivity index (χ4v) is 8.34. The van der Waals surface area contributed by atoms with Gasteiger partial charge in [-0.25, -0.2) is 9.29 Å². The number of carbonyl (C=O) groups excluding carboxylic acids is 4. The fraction of sp³-hybridized carbons (Fsp3) is 0.375. The second-order valence-electron chi connectivity index (χ2n) is 11.4. The number of benzene rings is 2. The molecule has 0 spiro atoms. The van der Waals surface area contributed by atoms with Crippen molar-refractivity contribution in [2.45, 2.75) is 48.3 Å². The molecule has 2 saturated heterocycles. The topological polar surface area (TPSA) is 95.0 Å². The minimum absolute atomic E-state index is 0.0975. The number of likely N-dealkylation sites (tertiary alicyclic amines) is 1. The van der Waals surface area contributed by atoms with Crippen LogP contribution in [0.15, 0.2) is 66.8 Å². The first kappa shape index (κ1) is 28.6. The Bertz CT molecular complexity index is 1570. The molecule has 42 heavy (non-hydrogen) atoms. The van der Waals surface area contributed by atoms with Crippen molar-refractivity contribution in [3.05, 3.63) is 83.7 Å². The maximum atomic E-state index is 14.4. The van der Waals surface area contributed by atoms with Crippen LogP contribution in [-0.4, -0.2) is 49.9 Å². The Morgan fingerprint density at radius 3 is 2.43 bits per heavy atom. The number of alkyl halides is 2. The molecule has 6 rings (SSSR count). The lowest BCUT2D eigenvalue weighted by Gasteiger charge is -2.50. The van der Waals surface area contributed by atoms with E-state index in [0.717, 1.165) is 17.0 Å². The average Bonchev–Trinajstić information content (AvgIpc) is 3.29. The van der Waals surface area contributed by atoms with E-state index in [0.29, 0.717) is 24.0 Å². The molecular weight excluding hydrogens is 582 g/mol. The van der Waals surface area contributed by atoms with Crippen LogP contribution in [0.2, 0.25) is 0 Å². The number of hydrogen-bond donors (Lipinski definition) is 1. The zero-order valence-corrected chi connectivity index (χ0v) is 24.4. The number of rotatable bonds is 6. The van der Waals surface area contributed by atoms with Crippen LogP contribution in [0.4, 0.5) is 10.1 Å². The minimum Gasteiger partial charge on any atom is -0.507 e. The Labute approximate surface area is 252 Å². The van der Waals surface area contributed by atoms with Crippen LogP contribution in [0.3, 0.4) is 0 Å². The molecule has 1 saturated carbocycles. The molecule has 0 bridgehead atoms. The summed E-state index contributed by atoms with van der Waals surface area (Å²) in [5.41, 5.74) is 1.51. The van der Waals surface area contributed by atoms with Gasteiger partial charge in [0.15, 0.2) is 9.75 Å². The molecule has 6 atom stereocenters. The number of phenols is 1. The normalized spacial score (nSPS) is 32.0. The van der Waals surface area contributed by atoms with Crippen LogP contribution >= 0.6 is 23.2 Å². The lowest BCUT2D eigenvalue weighted by molar-refractivity contribution is -0.140. The summed E-state index contributed by atoms with van der Waals surface area (Å²) in [6, 6.07) is 9.90. The van der Waals surface area contributed by atoms with E-state index in [-0.39, 0.29) is 48.2 Å². The molecule has 4 amide bonds. The number of allylic oxidation sites excluding steroid dienone is 3. The first-order valence-corrected chi connectivity index (χ1v) is 14.8. The summed E-state index contributed by atoms with van der Waals surface area (Å²) in [4.78, 5) is 53.6. The van der Waals surface area contributed by atoms with Gasteiger partial charge in [-0.3, -0.25) is 24.1 Å². The zero-order chi connectivity index (χ0) is 30.1. The lowest BCUT2D eigenvalue weighted by Crippen LogP contribution is -2.60. The summed E-state index contributed by atoms with van der Waals surface area (Å²) in [5, 5.41) is 11.5. The number of hydrogen-bond acceptors (Lipinski definition) is 5. The smallest absolute Gasteiger partial charge is 0.258 e. The maximum Gasteiger partial charge on any atom is 0.258 e.